The van der Waals surface area contributed by atoms with Crippen LogP contribution in [0.15, 0.2) is 26.5 Å². The molecule has 1 amide bonds. The SMILES string of the molecule is Cc1cc(NC(=O)C[N+]23CCC(CC2)[C@@H](OC(=O)n2cnc4c(=O)[nH]c(=O)[nH]c42)C3)no1.[Br-]. The number of hydrogen-bond donors (Lipinski definition) is 3. The Balaban J connectivity index is 0.00000259. The van der Waals surface area contributed by atoms with E-state index in [1.807, 2.05) is 0 Å². The first-order valence-corrected chi connectivity index (χ1v) is 10.3. The minimum atomic E-state index is -0.738. The molecule has 3 fully saturated rings. The zero-order valence-corrected chi connectivity index (χ0v) is 19.3. The van der Waals surface area contributed by atoms with E-state index in [-0.39, 0.29) is 46.5 Å². The molecule has 0 saturated carbocycles. The number of imidazole rings is 1. The number of halogens is 1. The van der Waals surface area contributed by atoms with E-state index in [4.69, 9.17) is 9.26 Å². The Labute approximate surface area is 196 Å². The molecule has 1 atom stereocenters. The van der Waals surface area contributed by atoms with Crippen molar-refractivity contribution in [3.05, 3.63) is 39.0 Å². The largest absolute Gasteiger partial charge is 1.00 e. The lowest BCUT2D eigenvalue weighted by molar-refractivity contribution is -0.938. The van der Waals surface area contributed by atoms with Gasteiger partial charge in [-0.2, -0.15) is 0 Å². The minimum absolute atomic E-state index is 0. The maximum Gasteiger partial charge on any atom is 0.421 e. The number of anilines is 1. The molecule has 0 unspecified atom stereocenters. The van der Waals surface area contributed by atoms with Gasteiger partial charge in [0.25, 0.3) is 11.5 Å². The number of quaternary nitrogens is 1. The minimum Gasteiger partial charge on any atom is -1.00 e. The van der Waals surface area contributed by atoms with Crippen LogP contribution in [-0.4, -0.2) is 73.4 Å². The number of aromatic amines is 2. The van der Waals surface area contributed by atoms with Gasteiger partial charge in [0, 0.05) is 24.8 Å². The molecule has 3 aliphatic heterocycles. The summed E-state index contributed by atoms with van der Waals surface area (Å²) in [7, 11) is 0. The van der Waals surface area contributed by atoms with Crippen molar-refractivity contribution in [1.29, 1.82) is 0 Å². The van der Waals surface area contributed by atoms with Crippen molar-refractivity contribution >= 4 is 29.0 Å². The lowest BCUT2D eigenvalue weighted by Crippen LogP contribution is -3.00. The molecule has 13 nitrogen and oxygen atoms in total. The number of ether oxygens (including phenoxy) is 1. The molecular formula is C19H22BrN7O6. The molecule has 176 valence electrons. The zero-order chi connectivity index (χ0) is 22.5. The van der Waals surface area contributed by atoms with Crippen LogP contribution < -0.4 is 33.5 Å². The van der Waals surface area contributed by atoms with Crippen LogP contribution in [0.2, 0.25) is 0 Å². The molecule has 14 heteroatoms. The summed E-state index contributed by atoms with van der Waals surface area (Å²) in [6, 6.07) is 1.65. The Morgan fingerprint density at radius 1 is 1.30 bits per heavy atom. The molecule has 3 aliphatic rings. The number of aromatic nitrogens is 5. The molecule has 2 bridgehead atoms. The third-order valence-electron chi connectivity index (χ3n) is 6.31. The fourth-order valence-corrected chi connectivity index (χ4v) is 4.75. The molecule has 0 spiro atoms. The predicted molar refractivity (Wildman–Crippen MR) is 109 cm³/mol. The number of fused-ring (bicyclic) bond motifs is 4. The van der Waals surface area contributed by atoms with Gasteiger partial charge < -0.3 is 36.0 Å². The number of carbonyl (C=O) groups excluding carboxylic acids is 2. The number of aryl methyl sites for hydroxylation is 1. The van der Waals surface area contributed by atoms with E-state index in [1.54, 1.807) is 13.0 Å². The van der Waals surface area contributed by atoms with Crippen LogP contribution in [-0.2, 0) is 9.53 Å². The van der Waals surface area contributed by atoms with E-state index in [9.17, 15) is 19.2 Å². The summed E-state index contributed by atoms with van der Waals surface area (Å²) in [5.41, 5.74) is -1.50. The highest BCUT2D eigenvalue weighted by Crippen LogP contribution is 2.35. The third kappa shape index (κ3) is 4.35. The number of nitrogens with one attached hydrogen (secondary N) is 3. The zero-order valence-electron chi connectivity index (χ0n) is 17.7. The molecule has 6 heterocycles. The summed E-state index contributed by atoms with van der Waals surface area (Å²) in [5, 5.41) is 6.53. The van der Waals surface area contributed by atoms with E-state index in [2.05, 4.69) is 25.4 Å². The van der Waals surface area contributed by atoms with Crippen LogP contribution in [0.3, 0.4) is 0 Å². The average molecular weight is 524 g/mol. The number of amides is 1. The number of nitrogens with zero attached hydrogens (tertiary/aromatic N) is 4. The Hall–Kier alpha value is -3.26. The second kappa shape index (κ2) is 8.59. The van der Waals surface area contributed by atoms with E-state index in [0.717, 1.165) is 36.8 Å². The average Bonchev–Trinajstić information content (AvgIpc) is 3.34. The highest BCUT2D eigenvalue weighted by molar-refractivity contribution is 5.90. The lowest BCUT2D eigenvalue weighted by Gasteiger charge is -2.51. The molecule has 33 heavy (non-hydrogen) atoms. The van der Waals surface area contributed by atoms with Crippen molar-refractivity contribution in [2.45, 2.75) is 25.9 Å². The van der Waals surface area contributed by atoms with Crippen LogP contribution in [0.25, 0.3) is 11.2 Å². The standard InChI is InChI=1S/C19H21N7O6.BrH/c1-10-6-13(24-32-10)21-14(27)8-26-4-2-11(3-5-26)12(7-26)31-19(30)25-9-20-15-16(25)22-18(29)23-17(15)28;/h6,9,11-12H,2-5,7-8H2,1H3,(H2-,21,22,23,24,27,28,29);1H/t11?,12-,26?;/m0./s1. The quantitative estimate of drug-likeness (QED) is 0.303. The second-order valence-electron chi connectivity index (χ2n) is 8.48. The first-order chi connectivity index (χ1) is 15.3. The van der Waals surface area contributed by atoms with E-state index >= 15 is 0 Å². The number of carbonyl (C=O) groups is 2. The number of rotatable bonds is 4. The van der Waals surface area contributed by atoms with Crippen LogP contribution in [0, 0.1) is 12.8 Å². The van der Waals surface area contributed by atoms with Gasteiger partial charge in [-0.1, -0.05) is 5.16 Å². The van der Waals surface area contributed by atoms with Gasteiger partial charge in [0.2, 0.25) is 0 Å². The molecule has 0 aliphatic carbocycles. The van der Waals surface area contributed by atoms with E-state index in [0.29, 0.717) is 22.6 Å². The monoisotopic (exact) mass is 523 g/mol. The van der Waals surface area contributed by atoms with Crippen molar-refractivity contribution < 1.29 is 40.3 Å². The Morgan fingerprint density at radius 2 is 2.06 bits per heavy atom. The highest BCUT2D eigenvalue weighted by Gasteiger charge is 2.48. The van der Waals surface area contributed by atoms with Crippen molar-refractivity contribution in [3.63, 3.8) is 0 Å². The van der Waals surface area contributed by atoms with Crippen molar-refractivity contribution in [2.75, 3.05) is 31.5 Å². The highest BCUT2D eigenvalue weighted by atomic mass is 79.9. The first kappa shape index (κ1) is 22.9. The van der Waals surface area contributed by atoms with Gasteiger partial charge in [-0.05, 0) is 6.92 Å². The van der Waals surface area contributed by atoms with E-state index in [1.165, 1.54) is 0 Å². The lowest BCUT2D eigenvalue weighted by atomic mass is 9.83. The summed E-state index contributed by atoms with van der Waals surface area (Å²) in [6.45, 7) is 4.13. The van der Waals surface area contributed by atoms with Gasteiger partial charge in [0.1, 0.15) is 18.6 Å². The molecule has 6 rings (SSSR count). The smallest absolute Gasteiger partial charge is 0.421 e. The molecule has 0 aromatic carbocycles. The van der Waals surface area contributed by atoms with Gasteiger partial charge in [0.05, 0.1) is 13.1 Å². The summed E-state index contributed by atoms with van der Waals surface area (Å²) >= 11 is 0. The molecule has 3 aromatic heterocycles. The fourth-order valence-electron chi connectivity index (χ4n) is 4.75. The fraction of sp³-hybridized carbons (Fsp3) is 0.474. The van der Waals surface area contributed by atoms with Crippen molar-refractivity contribution in [1.82, 2.24) is 24.7 Å². The number of piperidine rings is 3. The first-order valence-electron chi connectivity index (χ1n) is 10.3. The maximum atomic E-state index is 12.8. The molecule has 3 saturated heterocycles. The van der Waals surface area contributed by atoms with Crippen LogP contribution in [0.4, 0.5) is 10.6 Å². The van der Waals surface area contributed by atoms with Crippen molar-refractivity contribution in [2.24, 2.45) is 5.92 Å². The second-order valence-corrected chi connectivity index (χ2v) is 8.48. The van der Waals surface area contributed by atoms with Gasteiger partial charge in [-0.25, -0.2) is 19.1 Å². The summed E-state index contributed by atoms with van der Waals surface area (Å²) in [4.78, 5) is 57.2. The topological polar surface area (TPSA) is 165 Å². The molecule has 3 N–H and O–H groups in total. The van der Waals surface area contributed by atoms with Crippen molar-refractivity contribution in [3.8, 4) is 0 Å². The van der Waals surface area contributed by atoms with Crippen LogP contribution in [0.5, 0.6) is 0 Å². The predicted octanol–water partition coefficient (Wildman–Crippen LogP) is -3.05. The van der Waals surface area contributed by atoms with Gasteiger partial charge in [0.15, 0.2) is 29.6 Å². The summed E-state index contributed by atoms with van der Waals surface area (Å²) in [5.74, 6) is 0.989. The van der Waals surface area contributed by atoms with Gasteiger partial charge in [-0.3, -0.25) is 19.6 Å². The van der Waals surface area contributed by atoms with Gasteiger partial charge in [-0.15, -0.1) is 0 Å². The summed E-state index contributed by atoms with van der Waals surface area (Å²) < 4.78 is 12.3. The molecule has 3 aromatic rings. The third-order valence-corrected chi connectivity index (χ3v) is 6.31. The van der Waals surface area contributed by atoms with E-state index < -0.39 is 23.4 Å². The Bertz CT molecular complexity index is 1320. The molecule has 0 radical (unpaired) electrons. The summed E-state index contributed by atoms with van der Waals surface area (Å²) in [6.07, 6.45) is 1.69. The van der Waals surface area contributed by atoms with Gasteiger partial charge >= 0.3 is 11.8 Å². The Morgan fingerprint density at radius 3 is 2.76 bits per heavy atom. The maximum absolute atomic E-state index is 12.8. The van der Waals surface area contributed by atoms with Crippen LogP contribution in [0.1, 0.15) is 18.6 Å². The normalized spacial score (nSPS) is 23.8. The number of H-pyrrole nitrogens is 2. The molecular weight excluding hydrogens is 502 g/mol. The van der Waals surface area contributed by atoms with Crippen LogP contribution >= 0.6 is 0 Å². The number of hydrogen-bond acceptors (Lipinski definition) is 8. The Kier molecular flexibility index (Phi) is 5.97.